The Balaban J connectivity index is 2.05. The number of carbonyl (C=O) groups is 1. The van der Waals surface area contributed by atoms with Crippen molar-refractivity contribution >= 4 is 17.1 Å². The highest BCUT2D eigenvalue weighted by Gasteiger charge is 2.08. The molecule has 3 heteroatoms. The van der Waals surface area contributed by atoms with Gasteiger partial charge in [0.15, 0.2) is 5.78 Å². The molecule has 0 atom stereocenters. The molecule has 0 N–H and O–H groups in total. The van der Waals surface area contributed by atoms with Gasteiger partial charge in [0.05, 0.1) is 5.01 Å². The van der Waals surface area contributed by atoms with E-state index in [0.717, 1.165) is 11.4 Å². The number of nitrogens with zero attached hydrogens (tertiary/aromatic N) is 1. The second-order valence-electron chi connectivity index (χ2n) is 4.55. The van der Waals surface area contributed by atoms with Gasteiger partial charge < -0.3 is 0 Å². The molecule has 17 heavy (non-hydrogen) atoms. The van der Waals surface area contributed by atoms with Crippen LogP contribution in [0.5, 0.6) is 0 Å². The number of aryl methyl sites for hydroxylation is 1. The molecule has 0 unspecified atom stereocenters. The summed E-state index contributed by atoms with van der Waals surface area (Å²) in [6, 6.07) is 0. The fourth-order valence-electron chi connectivity index (χ4n) is 1.86. The highest BCUT2D eigenvalue weighted by atomic mass is 32.1. The number of ketones is 1. The van der Waals surface area contributed by atoms with Crippen LogP contribution in [-0.4, -0.2) is 10.8 Å². The Morgan fingerprint density at radius 3 is 2.41 bits per heavy atom. The quantitative estimate of drug-likeness (QED) is 0.468. The fourth-order valence-corrected chi connectivity index (χ4v) is 2.48. The minimum Gasteiger partial charge on any atom is -0.292 e. The summed E-state index contributed by atoms with van der Waals surface area (Å²) in [5.41, 5.74) is 0.665. The summed E-state index contributed by atoms with van der Waals surface area (Å²) in [6.45, 7) is 4.17. The molecule has 2 nitrogen and oxygen atoms in total. The first-order chi connectivity index (χ1) is 8.24. The topological polar surface area (TPSA) is 30.0 Å². The number of hydrogen-bond donors (Lipinski definition) is 0. The van der Waals surface area contributed by atoms with E-state index in [0.29, 0.717) is 12.1 Å². The van der Waals surface area contributed by atoms with E-state index in [1.807, 2.05) is 12.3 Å². The number of Topliss-reactive ketones (excluding diaryl/α,β-unsaturated/α-hetero) is 1. The van der Waals surface area contributed by atoms with Crippen LogP contribution in [0.15, 0.2) is 5.38 Å². The Morgan fingerprint density at radius 2 is 1.82 bits per heavy atom. The molecule has 0 spiro atoms. The lowest BCUT2D eigenvalue weighted by Gasteiger charge is -2.00. The summed E-state index contributed by atoms with van der Waals surface area (Å²) in [6.07, 6.45) is 9.42. The van der Waals surface area contributed by atoms with Gasteiger partial charge in [0.2, 0.25) is 0 Å². The second-order valence-corrected chi connectivity index (χ2v) is 5.61. The van der Waals surface area contributed by atoms with Crippen molar-refractivity contribution in [2.45, 2.75) is 65.2 Å². The number of unbranched alkanes of at least 4 members (excludes halogenated alkanes) is 6. The van der Waals surface area contributed by atoms with E-state index >= 15 is 0 Å². The Labute approximate surface area is 108 Å². The summed E-state index contributed by atoms with van der Waals surface area (Å²) in [4.78, 5) is 16.0. The second kappa shape index (κ2) is 8.40. The van der Waals surface area contributed by atoms with Crippen molar-refractivity contribution in [2.75, 3.05) is 0 Å². The first-order valence-electron chi connectivity index (χ1n) is 6.69. The highest BCUT2D eigenvalue weighted by molar-refractivity contribution is 7.09. The average Bonchev–Trinajstić information content (AvgIpc) is 2.74. The van der Waals surface area contributed by atoms with Gasteiger partial charge in [-0.1, -0.05) is 45.4 Å². The summed E-state index contributed by atoms with van der Waals surface area (Å²) in [5, 5.41) is 2.85. The molecule has 1 aromatic rings. The van der Waals surface area contributed by atoms with Crippen LogP contribution in [0.25, 0.3) is 0 Å². The normalized spacial score (nSPS) is 10.7. The van der Waals surface area contributed by atoms with E-state index in [9.17, 15) is 4.79 Å². The van der Waals surface area contributed by atoms with Crippen LogP contribution < -0.4 is 0 Å². The van der Waals surface area contributed by atoms with Crippen LogP contribution >= 0.6 is 11.3 Å². The summed E-state index contributed by atoms with van der Waals surface area (Å²) in [5.74, 6) is 0.211. The largest absolute Gasteiger partial charge is 0.292 e. The number of rotatable bonds is 9. The molecule has 0 bridgehead atoms. The molecule has 0 saturated heterocycles. The van der Waals surface area contributed by atoms with Crippen molar-refractivity contribution in [1.82, 2.24) is 4.98 Å². The number of carbonyl (C=O) groups excluding carboxylic acids is 1. The molecule has 1 aromatic heterocycles. The van der Waals surface area contributed by atoms with Crippen molar-refractivity contribution in [1.29, 1.82) is 0 Å². The predicted molar refractivity (Wildman–Crippen MR) is 73.8 cm³/mol. The zero-order chi connectivity index (χ0) is 12.5. The van der Waals surface area contributed by atoms with E-state index in [1.165, 1.54) is 38.5 Å². The first kappa shape index (κ1) is 14.4. The van der Waals surface area contributed by atoms with Gasteiger partial charge in [0.1, 0.15) is 5.69 Å². The molecule has 0 aliphatic carbocycles. The van der Waals surface area contributed by atoms with Crippen LogP contribution in [0.4, 0.5) is 0 Å². The van der Waals surface area contributed by atoms with Crippen molar-refractivity contribution in [3.63, 3.8) is 0 Å². The van der Waals surface area contributed by atoms with E-state index in [-0.39, 0.29) is 5.78 Å². The van der Waals surface area contributed by atoms with Crippen LogP contribution in [0.2, 0.25) is 0 Å². The highest BCUT2D eigenvalue weighted by Crippen LogP contribution is 2.13. The number of aromatic nitrogens is 1. The minimum atomic E-state index is 0.211. The molecule has 0 fully saturated rings. The van der Waals surface area contributed by atoms with Gasteiger partial charge in [0, 0.05) is 11.8 Å². The van der Waals surface area contributed by atoms with Gasteiger partial charge >= 0.3 is 0 Å². The maximum Gasteiger partial charge on any atom is 0.182 e. The number of hydrogen-bond acceptors (Lipinski definition) is 3. The maximum absolute atomic E-state index is 11.7. The van der Waals surface area contributed by atoms with Gasteiger partial charge in [-0.15, -0.1) is 11.3 Å². The summed E-state index contributed by atoms with van der Waals surface area (Å²) < 4.78 is 0. The Kier molecular flexibility index (Phi) is 7.10. The van der Waals surface area contributed by atoms with Crippen LogP contribution in [0, 0.1) is 6.92 Å². The lowest BCUT2D eigenvalue weighted by atomic mass is 10.1. The monoisotopic (exact) mass is 253 g/mol. The molecule has 0 aliphatic heterocycles. The van der Waals surface area contributed by atoms with E-state index in [2.05, 4.69) is 11.9 Å². The molecular weight excluding hydrogens is 230 g/mol. The van der Waals surface area contributed by atoms with Gasteiger partial charge in [-0.25, -0.2) is 4.98 Å². The average molecular weight is 253 g/mol. The lowest BCUT2D eigenvalue weighted by molar-refractivity contribution is 0.0975. The van der Waals surface area contributed by atoms with Crippen molar-refractivity contribution in [2.24, 2.45) is 0 Å². The molecule has 1 heterocycles. The van der Waals surface area contributed by atoms with Crippen LogP contribution in [-0.2, 0) is 0 Å². The van der Waals surface area contributed by atoms with E-state index < -0.39 is 0 Å². The fraction of sp³-hybridized carbons (Fsp3) is 0.714. The van der Waals surface area contributed by atoms with E-state index in [4.69, 9.17) is 0 Å². The van der Waals surface area contributed by atoms with Crippen LogP contribution in [0.1, 0.15) is 73.8 Å². The Morgan fingerprint density at radius 1 is 1.18 bits per heavy atom. The Bertz CT molecular complexity index is 333. The molecular formula is C14H23NOS. The lowest BCUT2D eigenvalue weighted by Crippen LogP contribution is -1.99. The molecule has 0 aromatic carbocycles. The third-order valence-corrected chi connectivity index (χ3v) is 3.69. The summed E-state index contributed by atoms with van der Waals surface area (Å²) >= 11 is 1.55. The number of thiazole rings is 1. The third-order valence-electron chi connectivity index (χ3n) is 2.91. The molecule has 0 saturated carbocycles. The van der Waals surface area contributed by atoms with Gasteiger partial charge in [-0.05, 0) is 13.3 Å². The van der Waals surface area contributed by atoms with Gasteiger partial charge in [-0.3, -0.25) is 4.79 Å². The predicted octanol–water partition coefficient (Wildman–Crippen LogP) is 4.77. The smallest absolute Gasteiger partial charge is 0.182 e. The molecule has 0 amide bonds. The van der Waals surface area contributed by atoms with Crippen molar-refractivity contribution in [3.05, 3.63) is 16.1 Å². The SMILES string of the molecule is CCCCCCCCCC(=O)c1csc(C)n1. The Hall–Kier alpha value is -0.700. The first-order valence-corrected chi connectivity index (χ1v) is 7.57. The van der Waals surface area contributed by atoms with Crippen LogP contribution in [0.3, 0.4) is 0 Å². The van der Waals surface area contributed by atoms with Crippen molar-refractivity contribution < 1.29 is 4.79 Å². The summed E-state index contributed by atoms with van der Waals surface area (Å²) in [7, 11) is 0. The van der Waals surface area contributed by atoms with Crippen molar-refractivity contribution in [3.8, 4) is 0 Å². The standard InChI is InChI=1S/C14H23NOS/c1-3-4-5-6-7-8-9-10-14(16)13-11-17-12(2)15-13/h11H,3-10H2,1-2H3. The minimum absolute atomic E-state index is 0.211. The molecule has 0 radical (unpaired) electrons. The zero-order valence-corrected chi connectivity index (χ0v) is 11.8. The van der Waals surface area contributed by atoms with E-state index in [1.54, 1.807) is 11.3 Å². The molecule has 0 aliphatic rings. The third kappa shape index (κ3) is 5.97. The van der Waals surface area contributed by atoms with Gasteiger partial charge in [-0.2, -0.15) is 0 Å². The molecule has 96 valence electrons. The van der Waals surface area contributed by atoms with Gasteiger partial charge in [0.25, 0.3) is 0 Å². The molecule has 1 rings (SSSR count). The maximum atomic E-state index is 11.7. The zero-order valence-electron chi connectivity index (χ0n) is 11.0.